The summed E-state index contributed by atoms with van der Waals surface area (Å²) in [5.41, 5.74) is 1.19. The number of cyclic esters (lactones) is 1. The number of fused-ring (bicyclic) bond motifs is 8. The van der Waals surface area contributed by atoms with E-state index in [0.717, 1.165) is 0 Å². The Bertz CT molecular complexity index is 1550. The zero-order chi connectivity index (χ0) is 34.4. The van der Waals surface area contributed by atoms with Crippen molar-refractivity contribution in [2.24, 2.45) is 11.8 Å². The average molecular weight is 670 g/mol. The van der Waals surface area contributed by atoms with Crippen molar-refractivity contribution in [2.75, 3.05) is 20.8 Å². The van der Waals surface area contributed by atoms with E-state index in [1.165, 1.54) is 32.0 Å². The molecular formula is C34H47N3O9Si. The van der Waals surface area contributed by atoms with Crippen LogP contribution in [0.5, 0.6) is 0 Å². The Morgan fingerprint density at radius 1 is 0.851 bits per heavy atom. The van der Waals surface area contributed by atoms with Gasteiger partial charge in [0, 0.05) is 20.1 Å². The zero-order valence-electron chi connectivity index (χ0n) is 28.8. The molecule has 0 aromatic carbocycles. The lowest BCUT2D eigenvalue weighted by atomic mass is 9.96. The van der Waals surface area contributed by atoms with Crippen LogP contribution >= 0.6 is 0 Å². The number of esters is 1. The molecule has 1 aliphatic heterocycles. The first-order chi connectivity index (χ1) is 22.2. The molecule has 47 heavy (non-hydrogen) atoms. The van der Waals surface area contributed by atoms with E-state index in [1.807, 2.05) is 13.0 Å². The Morgan fingerprint density at radius 3 is 2.21 bits per heavy atom. The standard InChI is InChI=1S/C34H47N3O9Si/c1-21-17-43-30(39)16-23(46-47(8,9)34(3,4)5)12-10-13-27(38)22(2)31(41-7)24-18-44-33(36-24)26-20-45-32(37-26)25-19-42-29(35-25)15-11-14-28(21)40-6/h10-11,13,15,18-23,28,31H,12,14,16-17H2,1-9H3/b13-10+,15-11+/t21-,22-,23-,28-,31?/m0/s1. The highest BCUT2D eigenvalue weighted by Crippen LogP contribution is 2.38. The Morgan fingerprint density at radius 2 is 1.51 bits per heavy atom. The van der Waals surface area contributed by atoms with Crippen LogP contribution in [0.3, 0.4) is 0 Å². The number of methoxy groups -OCH3 is 2. The Balaban J connectivity index is 1.62. The number of allylic oxidation sites excluding steroid dienone is 1. The average Bonchev–Trinajstić information content (AvgIpc) is 3.78. The van der Waals surface area contributed by atoms with Crippen LogP contribution in [-0.2, 0) is 28.2 Å². The van der Waals surface area contributed by atoms with E-state index in [2.05, 4.69) is 48.8 Å². The van der Waals surface area contributed by atoms with Crippen LogP contribution in [0, 0.1) is 11.8 Å². The molecule has 5 atom stereocenters. The van der Waals surface area contributed by atoms with Crippen LogP contribution in [0.15, 0.2) is 50.3 Å². The lowest BCUT2D eigenvalue weighted by molar-refractivity contribution is -0.148. The number of aromatic nitrogens is 3. The second kappa shape index (κ2) is 15.5. The molecule has 6 bridgehead atoms. The highest BCUT2D eigenvalue weighted by molar-refractivity contribution is 6.74. The molecule has 256 valence electrons. The molecular weight excluding hydrogens is 622 g/mol. The summed E-state index contributed by atoms with van der Waals surface area (Å²) in [4.78, 5) is 39.8. The molecule has 1 unspecified atom stereocenters. The number of ketones is 1. The minimum Gasteiger partial charge on any atom is -0.465 e. The molecule has 3 aromatic rings. The number of ether oxygens (including phenoxy) is 3. The minimum atomic E-state index is -2.24. The molecule has 0 N–H and O–H groups in total. The Hall–Kier alpha value is -3.65. The maximum atomic E-state index is 13.3. The van der Waals surface area contributed by atoms with Gasteiger partial charge in [-0.2, -0.15) is 0 Å². The van der Waals surface area contributed by atoms with Gasteiger partial charge in [0.15, 0.2) is 25.5 Å². The van der Waals surface area contributed by atoms with Crippen molar-refractivity contribution < 1.29 is 41.5 Å². The fourth-order valence-corrected chi connectivity index (χ4v) is 6.28. The lowest BCUT2D eigenvalue weighted by Gasteiger charge is -2.39. The lowest BCUT2D eigenvalue weighted by Crippen LogP contribution is -2.44. The molecule has 4 heterocycles. The van der Waals surface area contributed by atoms with Gasteiger partial charge in [0.1, 0.15) is 30.6 Å². The molecule has 0 fully saturated rings. The summed E-state index contributed by atoms with van der Waals surface area (Å²) in [5, 5.41) is -0.0706. The van der Waals surface area contributed by atoms with Crippen LogP contribution in [0.4, 0.5) is 0 Å². The van der Waals surface area contributed by atoms with Gasteiger partial charge < -0.3 is 31.9 Å². The van der Waals surface area contributed by atoms with Crippen LogP contribution < -0.4 is 0 Å². The molecule has 13 heteroatoms. The van der Waals surface area contributed by atoms with Gasteiger partial charge in [-0.3, -0.25) is 9.59 Å². The second-order valence-electron chi connectivity index (χ2n) is 13.4. The van der Waals surface area contributed by atoms with Crippen LogP contribution in [-0.4, -0.2) is 68.1 Å². The maximum absolute atomic E-state index is 13.3. The third kappa shape index (κ3) is 9.25. The van der Waals surface area contributed by atoms with E-state index in [1.54, 1.807) is 26.2 Å². The van der Waals surface area contributed by atoms with Gasteiger partial charge in [0.25, 0.3) is 0 Å². The van der Waals surface area contributed by atoms with Crippen LogP contribution in [0.25, 0.3) is 29.2 Å². The third-order valence-electron chi connectivity index (χ3n) is 8.85. The van der Waals surface area contributed by atoms with Crippen LogP contribution in [0.2, 0.25) is 18.1 Å². The number of hydrogen-bond donors (Lipinski definition) is 0. The normalized spacial score (nSPS) is 25.4. The summed E-state index contributed by atoms with van der Waals surface area (Å²) >= 11 is 0. The SMILES string of the molecule is COC1c2coc(n2)-c2coc(n2)-c2coc(n2)/C=C/C[C@H](OC)[C@@H](C)COC(=O)C[C@@H](O[Si](C)(C)C(C)(C)C)C/C=C/C(=O)[C@@H]1C. The summed E-state index contributed by atoms with van der Waals surface area (Å²) in [7, 11) is 0.895. The zero-order valence-corrected chi connectivity index (χ0v) is 29.8. The number of carbonyl (C=O) groups excluding carboxylic acids is 2. The molecule has 3 aromatic heterocycles. The Kier molecular flexibility index (Phi) is 11.9. The summed E-state index contributed by atoms with van der Waals surface area (Å²) in [6.45, 7) is 14.6. The molecule has 12 nitrogen and oxygen atoms in total. The molecule has 0 saturated carbocycles. The number of carbonyl (C=O) groups is 2. The summed E-state index contributed by atoms with van der Waals surface area (Å²) in [6, 6.07) is 0. The fraction of sp³-hybridized carbons (Fsp3) is 0.559. The van der Waals surface area contributed by atoms with Gasteiger partial charge in [0.2, 0.25) is 17.7 Å². The van der Waals surface area contributed by atoms with E-state index >= 15 is 0 Å². The monoisotopic (exact) mass is 669 g/mol. The summed E-state index contributed by atoms with van der Waals surface area (Å²) in [5.74, 6) is -0.409. The molecule has 0 saturated heterocycles. The third-order valence-corrected chi connectivity index (χ3v) is 13.4. The predicted molar refractivity (Wildman–Crippen MR) is 176 cm³/mol. The van der Waals surface area contributed by atoms with Crippen molar-refractivity contribution in [1.29, 1.82) is 0 Å². The summed E-state index contributed by atoms with van der Waals surface area (Å²) < 4.78 is 40.6. The van der Waals surface area contributed by atoms with E-state index in [0.29, 0.717) is 35.8 Å². The topological polar surface area (TPSA) is 149 Å². The van der Waals surface area contributed by atoms with Crippen molar-refractivity contribution in [3.05, 3.63) is 48.6 Å². The fourth-order valence-electron chi connectivity index (χ4n) is 4.91. The van der Waals surface area contributed by atoms with Gasteiger partial charge in [-0.25, -0.2) is 15.0 Å². The number of oxazole rings is 3. The van der Waals surface area contributed by atoms with Gasteiger partial charge in [-0.15, -0.1) is 0 Å². The van der Waals surface area contributed by atoms with Gasteiger partial charge >= 0.3 is 5.97 Å². The highest BCUT2D eigenvalue weighted by atomic mass is 28.4. The first-order valence-corrected chi connectivity index (χ1v) is 18.8. The predicted octanol–water partition coefficient (Wildman–Crippen LogP) is 7.22. The van der Waals surface area contributed by atoms with Gasteiger partial charge in [-0.05, 0) is 43.1 Å². The Labute approximate surface area is 277 Å². The number of rotatable bonds is 4. The van der Waals surface area contributed by atoms with Gasteiger partial charge in [-0.1, -0.05) is 46.8 Å². The van der Waals surface area contributed by atoms with Crippen molar-refractivity contribution in [3.63, 3.8) is 0 Å². The molecule has 0 amide bonds. The van der Waals surface area contributed by atoms with Crippen molar-refractivity contribution in [1.82, 2.24) is 15.0 Å². The van der Waals surface area contributed by atoms with E-state index < -0.39 is 26.4 Å². The molecule has 0 spiro atoms. The molecule has 0 radical (unpaired) electrons. The number of hydrogen-bond acceptors (Lipinski definition) is 12. The molecule has 0 aliphatic carbocycles. The van der Waals surface area contributed by atoms with Crippen molar-refractivity contribution in [3.8, 4) is 23.2 Å². The largest absolute Gasteiger partial charge is 0.465 e. The maximum Gasteiger partial charge on any atom is 0.308 e. The summed E-state index contributed by atoms with van der Waals surface area (Å²) in [6.07, 6.45) is 10.8. The molecule has 1 aliphatic rings. The van der Waals surface area contributed by atoms with Gasteiger partial charge in [0.05, 0.1) is 31.2 Å². The van der Waals surface area contributed by atoms with Crippen molar-refractivity contribution in [2.45, 2.75) is 90.3 Å². The van der Waals surface area contributed by atoms with Crippen molar-refractivity contribution >= 4 is 26.1 Å². The van der Waals surface area contributed by atoms with Crippen LogP contribution in [0.1, 0.15) is 71.6 Å². The minimum absolute atomic E-state index is 0.0589. The second-order valence-corrected chi connectivity index (χ2v) is 18.2. The molecule has 4 rings (SSSR count). The first-order valence-electron chi connectivity index (χ1n) is 15.9. The smallest absolute Gasteiger partial charge is 0.308 e. The quantitative estimate of drug-likeness (QED) is 0.204. The highest BCUT2D eigenvalue weighted by Gasteiger charge is 2.39. The first kappa shape index (κ1) is 36.2. The van der Waals surface area contributed by atoms with E-state index in [-0.39, 0.29) is 53.6 Å². The number of nitrogens with zero attached hydrogens (tertiary/aromatic N) is 3. The van der Waals surface area contributed by atoms with E-state index in [9.17, 15) is 9.59 Å². The van der Waals surface area contributed by atoms with E-state index in [4.69, 9.17) is 31.9 Å².